The van der Waals surface area contributed by atoms with Crippen molar-refractivity contribution in [2.24, 2.45) is 0 Å². The molecular formula is C28H31ClN4O. The fraction of sp³-hybridized carbons (Fsp3) is 0.321. The van der Waals surface area contributed by atoms with E-state index in [1.807, 2.05) is 42.8 Å². The van der Waals surface area contributed by atoms with Crippen LogP contribution in [0, 0.1) is 34.6 Å². The molecule has 0 fully saturated rings. The normalized spacial score (nSPS) is 11.2. The number of aromatic nitrogens is 3. The summed E-state index contributed by atoms with van der Waals surface area (Å²) in [6, 6.07) is 14.1. The van der Waals surface area contributed by atoms with E-state index >= 15 is 0 Å². The van der Waals surface area contributed by atoms with Gasteiger partial charge in [-0.15, -0.1) is 0 Å². The van der Waals surface area contributed by atoms with Gasteiger partial charge in [-0.1, -0.05) is 29.8 Å². The highest BCUT2D eigenvalue weighted by Crippen LogP contribution is 2.28. The number of hydrogen-bond acceptors (Lipinski definition) is 3. The van der Waals surface area contributed by atoms with Gasteiger partial charge in [0.15, 0.2) is 5.65 Å². The minimum atomic E-state index is 0.0513. The summed E-state index contributed by atoms with van der Waals surface area (Å²) in [7, 11) is 0. The van der Waals surface area contributed by atoms with Gasteiger partial charge < -0.3 is 5.32 Å². The zero-order valence-electron chi connectivity index (χ0n) is 20.5. The van der Waals surface area contributed by atoms with Crippen LogP contribution in [-0.4, -0.2) is 27.2 Å². The standard InChI is InChI=1S/C28H31ClN4O/c1-17-6-11-24(16-18(17)2)33-28-27(21(5)32-33)19(3)25(20(4)31-28)12-13-26(34)30-15-14-22-7-9-23(29)10-8-22/h6-11,16H,12-15H2,1-5H3,(H,30,34). The lowest BCUT2D eigenvalue weighted by Crippen LogP contribution is -2.26. The van der Waals surface area contributed by atoms with Crippen molar-refractivity contribution in [3.8, 4) is 5.69 Å². The summed E-state index contributed by atoms with van der Waals surface area (Å²) in [6.45, 7) is 11.0. The number of rotatable bonds is 7. The number of pyridine rings is 1. The lowest BCUT2D eigenvalue weighted by molar-refractivity contribution is -0.121. The molecule has 4 rings (SSSR count). The number of carbonyl (C=O) groups is 1. The molecule has 0 aliphatic rings. The largest absolute Gasteiger partial charge is 0.356 e. The molecule has 2 heterocycles. The Balaban J connectivity index is 1.48. The van der Waals surface area contributed by atoms with Crippen LogP contribution in [0.5, 0.6) is 0 Å². The van der Waals surface area contributed by atoms with Crippen molar-refractivity contribution in [1.29, 1.82) is 0 Å². The second-order valence-electron chi connectivity index (χ2n) is 8.99. The molecule has 6 heteroatoms. The second-order valence-corrected chi connectivity index (χ2v) is 9.43. The van der Waals surface area contributed by atoms with Crippen molar-refractivity contribution >= 4 is 28.5 Å². The first kappa shape index (κ1) is 24.0. The first-order chi connectivity index (χ1) is 16.2. The number of amides is 1. The van der Waals surface area contributed by atoms with Crippen LogP contribution in [0.1, 0.15) is 45.6 Å². The number of fused-ring (bicyclic) bond motifs is 1. The number of benzene rings is 2. The molecule has 0 saturated carbocycles. The van der Waals surface area contributed by atoms with Gasteiger partial charge in [-0.2, -0.15) is 5.10 Å². The Hall–Kier alpha value is -3.18. The number of carbonyl (C=O) groups excluding carboxylic acids is 1. The summed E-state index contributed by atoms with van der Waals surface area (Å²) in [5.74, 6) is 0.0513. The monoisotopic (exact) mass is 474 g/mol. The summed E-state index contributed by atoms with van der Waals surface area (Å²) in [4.78, 5) is 17.4. The van der Waals surface area contributed by atoms with Crippen LogP contribution >= 0.6 is 11.6 Å². The fourth-order valence-electron chi connectivity index (χ4n) is 4.44. The van der Waals surface area contributed by atoms with Gasteiger partial charge in [0.1, 0.15) is 0 Å². The maximum Gasteiger partial charge on any atom is 0.220 e. The number of nitrogens with zero attached hydrogens (tertiary/aromatic N) is 3. The molecule has 0 radical (unpaired) electrons. The quantitative estimate of drug-likeness (QED) is 0.362. The first-order valence-electron chi connectivity index (χ1n) is 11.7. The van der Waals surface area contributed by atoms with Gasteiger partial charge in [-0.25, -0.2) is 9.67 Å². The van der Waals surface area contributed by atoms with Gasteiger partial charge in [-0.3, -0.25) is 4.79 Å². The third kappa shape index (κ3) is 5.00. The lowest BCUT2D eigenvalue weighted by Gasteiger charge is -2.12. The molecule has 34 heavy (non-hydrogen) atoms. The van der Waals surface area contributed by atoms with E-state index in [9.17, 15) is 4.79 Å². The highest BCUT2D eigenvalue weighted by atomic mass is 35.5. The lowest BCUT2D eigenvalue weighted by atomic mass is 9.99. The van der Waals surface area contributed by atoms with Crippen molar-refractivity contribution in [3.05, 3.63) is 86.7 Å². The molecule has 2 aromatic heterocycles. The van der Waals surface area contributed by atoms with E-state index in [4.69, 9.17) is 21.7 Å². The van der Waals surface area contributed by atoms with E-state index in [1.165, 1.54) is 11.1 Å². The van der Waals surface area contributed by atoms with E-state index < -0.39 is 0 Å². The molecule has 0 spiro atoms. The Labute approximate surface area is 206 Å². The zero-order chi connectivity index (χ0) is 24.4. The van der Waals surface area contributed by atoms with Crippen LogP contribution < -0.4 is 5.32 Å². The van der Waals surface area contributed by atoms with Crippen LogP contribution in [0.15, 0.2) is 42.5 Å². The Morgan fingerprint density at radius 3 is 2.38 bits per heavy atom. The van der Waals surface area contributed by atoms with Crippen LogP contribution in [0.2, 0.25) is 5.02 Å². The Morgan fingerprint density at radius 1 is 0.941 bits per heavy atom. The molecule has 2 aromatic carbocycles. The molecular weight excluding hydrogens is 444 g/mol. The van der Waals surface area contributed by atoms with Gasteiger partial charge in [0, 0.05) is 29.1 Å². The highest BCUT2D eigenvalue weighted by molar-refractivity contribution is 6.30. The van der Waals surface area contributed by atoms with Crippen molar-refractivity contribution in [2.45, 2.75) is 53.9 Å². The van der Waals surface area contributed by atoms with E-state index in [2.05, 4.69) is 44.3 Å². The van der Waals surface area contributed by atoms with Crippen LogP contribution in [0.3, 0.4) is 0 Å². The molecule has 0 saturated heterocycles. The van der Waals surface area contributed by atoms with Crippen molar-refractivity contribution in [3.63, 3.8) is 0 Å². The van der Waals surface area contributed by atoms with E-state index in [-0.39, 0.29) is 5.91 Å². The molecule has 0 atom stereocenters. The average Bonchev–Trinajstić information content (AvgIpc) is 3.13. The molecule has 5 nitrogen and oxygen atoms in total. The second kappa shape index (κ2) is 9.98. The molecule has 176 valence electrons. The summed E-state index contributed by atoms with van der Waals surface area (Å²) in [5, 5.41) is 9.63. The number of aryl methyl sites for hydroxylation is 5. The third-order valence-corrected chi connectivity index (χ3v) is 6.81. The summed E-state index contributed by atoms with van der Waals surface area (Å²) < 4.78 is 1.93. The molecule has 4 aromatic rings. The van der Waals surface area contributed by atoms with Crippen molar-refractivity contribution in [2.75, 3.05) is 6.54 Å². The van der Waals surface area contributed by atoms with E-state index in [1.54, 1.807) is 0 Å². The van der Waals surface area contributed by atoms with Crippen LogP contribution in [-0.2, 0) is 17.6 Å². The maximum atomic E-state index is 12.5. The van der Waals surface area contributed by atoms with Gasteiger partial charge >= 0.3 is 0 Å². The molecule has 1 amide bonds. The van der Waals surface area contributed by atoms with Gasteiger partial charge in [-0.05, 0) is 99.5 Å². The minimum absolute atomic E-state index is 0.0513. The Morgan fingerprint density at radius 2 is 1.68 bits per heavy atom. The zero-order valence-corrected chi connectivity index (χ0v) is 21.3. The van der Waals surface area contributed by atoms with E-state index in [0.717, 1.165) is 56.2 Å². The smallest absolute Gasteiger partial charge is 0.220 e. The molecule has 0 aliphatic carbocycles. The number of nitrogens with one attached hydrogen (secondary N) is 1. The van der Waals surface area contributed by atoms with Crippen molar-refractivity contribution < 1.29 is 4.79 Å². The topological polar surface area (TPSA) is 59.8 Å². The Kier molecular flexibility index (Phi) is 7.03. The number of halogens is 1. The van der Waals surface area contributed by atoms with Gasteiger partial charge in [0.25, 0.3) is 0 Å². The van der Waals surface area contributed by atoms with Crippen molar-refractivity contribution in [1.82, 2.24) is 20.1 Å². The average molecular weight is 475 g/mol. The summed E-state index contributed by atoms with van der Waals surface area (Å²) in [5.41, 5.74) is 9.70. The fourth-order valence-corrected chi connectivity index (χ4v) is 4.56. The Bertz CT molecular complexity index is 1360. The van der Waals surface area contributed by atoms with Crippen LogP contribution in [0.25, 0.3) is 16.7 Å². The summed E-state index contributed by atoms with van der Waals surface area (Å²) >= 11 is 5.93. The van der Waals surface area contributed by atoms with Crippen LogP contribution in [0.4, 0.5) is 0 Å². The van der Waals surface area contributed by atoms with E-state index in [0.29, 0.717) is 19.4 Å². The molecule has 1 N–H and O–H groups in total. The number of hydrogen-bond donors (Lipinski definition) is 1. The maximum absolute atomic E-state index is 12.5. The molecule has 0 aliphatic heterocycles. The highest BCUT2D eigenvalue weighted by Gasteiger charge is 2.18. The van der Waals surface area contributed by atoms with Gasteiger partial charge in [0.2, 0.25) is 5.91 Å². The first-order valence-corrected chi connectivity index (χ1v) is 12.1. The predicted molar refractivity (Wildman–Crippen MR) is 139 cm³/mol. The third-order valence-electron chi connectivity index (χ3n) is 6.56. The molecule has 0 bridgehead atoms. The molecule has 0 unspecified atom stereocenters. The SMILES string of the molecule is Cc1ccc(-n2nc(C)c3c(C)c(CCC(=O)NCCc4ccc(Cl)cc4)c(C)nc32)cc1C. The predicted octanol–water partition coefficient (Wildman–Crippen LogP) is 5.91. The minimum Gasteiger partial charge on any atom is -0.356 e. The van der Waals surface area contributed by atoms with Gasteiger partial charge in [0.05, 0.1) is 11.4 Å². The summed E-state index contributed by atoms with van der Waals surface area (Å²) in [6.07, 6.45) is 1.87.